The van der Waals surface area contributed by atoms with Gasteiger partial charge >= 0.3 is 0 Å². The van der Waals surface area contributed by atoms with Crippen LogP contribution in [-0.2, 0) is 11.3 Å². The van der Waals surface area contributed by atoms with Gasteiger partial charge in [0.25, 0.3) is 0 Å². The summed E-state index contributed by atoms with van der Waals surface area (Å²) in [5.41, 5.74) is 1.39. The van der Waals surface area contributed by atoms with Crippen LogP contribution in [0, 0.1) is 18.3 Å². The second kappa shape index (κ2) is 7.11. The van der Waals surface area contributed by atoms with Gasteiger partial charge in [-0.2, -0.15) is 0 Å². The van der Waals surface area contributed by atoms with Gasteiger partial charge in [-0.25, -0.2) is 0 Å². The second-order valence-electron chi connectivity index (χ2n) is 6.74. The minimum Gasteiger partial charge on any atom is -0.299 e. The first-order valence-electron chi connectivity index (χ1n) is 8.53. The molecular weight excluding hydrogens is 270 g/mol. The highest BCUT2D eigenvalue weighted by Gasteiger charge is 2.39. The van der Waals surface area contributed by atoms with E-state index < -0.39 is 0 Å². The first-order chi connectivity index (χ1) is 10.8. The third-order valence-corrected chi connectivity index (χ3v) is 5.30. The highest BCUT2D eigenvalue weighted by atomic mass is 16.1. The SMILES string of the molecule is C#CCCC(=O)C1CC2CCCC(C1)N2Cc1ccccc1. The maximum atomic E-state index is 12.3. The molecule has 3 rings (SSSR count). The average molecular weight is 295 g/mol. The van der Waals surface area contributed by atoms with Crippen molar-refractivity contribution in [2.24, 2.45) is 5.92 Å². The molecule has 0 spiro atoms. The fourth-order valence-electron chi connectivity index (χ4n) is 4.19. The molecule has 2 heteroatoms. The summed E-state index contributed by atoms with van der Waals surface area (Å²) in [4.78, 5) is 15.0. The van der Waals surface area contributed by atoms with Crippen molar-refractivity contribution >= 4 is 5.78 Å². The molecule has 2 fully saturated rings. The number of ketones is 1. The first kappa shape index (κ1) is 15.3. The number of piperidine rings is 2. The minimum atomic E-state index is 0.246. The summed E-state index contributed by atoms with van der Waals surface area (Å²) in [5, 5.41) is 0. The molecule has 0 amide bonds. The van der Waals surface area contributed by atoms with E-state index in [1.807, 2.05) is 0 Å². The number of Topliss-reactive ketones (excluding diaryl/α,β-unsaturated/α-hetero) is 1. The van der Waals surface area contributed by atoms with Crippen molar-refractivity contribution in [2.75, 3.05) is 0 Å². The standard InChI is InChI=1S/C20H25NO/c1-2-3-12-20(22)17-13-18-10-7-11-19(14-17)21(18)15-16-8-5-4-6-9-16/h1,4-6,8-9,17-19H,3,7,10-15H2. The molecule has 2 bridgehead atoms. The van der Waals surface area contributed by atoms with Crippen LogP contribution in [0.15, 0.2) is 30.3 Å². The number of nitrogens with zero attached hydrogens (tertiary/aromatic N) is 1. The number of hydrogen-bond donors (Lipinski definition) is 0. The summed E-state index contributed by atoms with van der Waals surface area (Å²) >= 11 is 0. The molecule has 2 unspecified atom stereocenters. The van der Waals surface area contributed by atoms with Crippen molar-refractivity contribution in [1.29, 1.82) is 0 Å². The van der Waals surface area contributed by atoms with Crippen molar-refractivity contribution in [3.63, 3.8) is 0 Å². The zero-order valence-corrected chi connectivity index (χ0v) is 13.2. The molecule has 2 atom stereocenters. The Morgan fingerprint density at radius 2 is 1.86 bits per heavy atom. The fraction of sp³-hybridized carbons (Fsp3) is 0.550. The van der Waals surface area contributed by atoms with E-state index in [-0.39, 0.29) is 5.92 Å². The number of carbonyl (C=O) groups is 1. The van der Waals surface area contributed by atoms with Crippen molar-refractivity contribution in [1.82, 2.24) is 4.90 Å². The molecule has 0 radical (unpaired) electrons. The Hall–Kier alpha value is -1.59. The maximum Gasteiger partial charge on any atom is 0.137 e. The van der Waals surface area contributed by atoms with Gasteiger partial charge in [0.05, 0.1) is 0 Å². The molecule has 1 aromatic rings. The van der Waals surface area contributed by atoms with Crippen LogP contribution in [0.25, 0.3) is 0 Å². The van der Waals surface area contributed by atoms with Crippen molar-refractivity contribution in [2.45, 2.75) is 63.6 Å². The van der Waals surface area contributed by atoms with Crippen molar-refractivity contribution in [3.8, 4) is 12.3 Å². The Labute approximate surface area is 133 Å². The molecule has 2 aliphatic rings. The zero-order valence-electron chi connectivity index (χ0n) is 13.2. The smallest absolute Gasteiger partial charge is 0.137 e. The Morgan fingerprint density at radius 3 is 2.50 bits per heavy atom. The highest BCUT2D eigenvalue weighted by molar-refractivity contribution is 5.81. The predicted molar refractivity (Wildman–Crippen MR) is 89.2 cm³/mol. The molecule has 22 heavy (non-hydrogen) atoms. The largest absolute Gasteiger partial charge is 0.299 e. The van der Waals surface area contributed by atoms with Gasteiger partial charge in [-0.1, -0.05) is 36.8 Å². The van der Waals surface area contributed by atoms with Gasteiger partial charge in [-0.15, -0.1) is 12.3 Å². The van der Waals surface area contributed by atoms with E-state index in [1.54, 1.807) is 0 Å². The third kappa shape index (κ3) is 3.42. The molecule has 0 N–H and O–H groups in total. The van der Waals surface area contributed by atoms with Crippen LogP contribution in [0.4, 0.5) is 0 Å². The lowest BCUT2D eigenvalue weighted by atomic mass is 9.76. The molecule has 2 aliphatic heterocycles. The lowest BCUT2D eigenvalue weighted by molar-refractivity contribution is -0.127. The number of benzene rings is 1. The molecular formula is C20H25NO. The molecule has 0 aromatic heterocycles. The number of fused-ring (bicyclic) bond motifs is 2. The molecule has 2 saturated heterocycles. The van der Waals surface area contributed by atoms with E-state index in [1.165, 1.54) is 24.8 Å². The lowest BCUT2D eigenvalue weighted by Gasteiger charge is -2.48. The number of carbonyl (C=O) groups excluding carboxylic acids is 1. The minimum absolute atomic E-state index is 0.246. The van der Waals surface area contributed by atoms with Crippen LogP contribution < -0.4 is 0 Å². The van der Waals surface area contributed by atoms with Crippen LogP contribution in [0.1, 0.15) is 50.5 Å². The molecule has 0 aliphatic carbocycles. The Bertz CT molecular complexity index is 531. The summed E-state index contributed by atoms with van der Waals surface area (Å²) in [5.74, 6) is 3.24. The first-order valence-corrected chi connectivity index (χ1v) is 8.53. The van der Waals surface area contributed by atoms with E-state index in [0.717, 1.165) is 19.4 Å². The summed E-state index contributed by atoms with van der Waals surface area (Å²) < 4.78 is 0. The van der Waals surface area contributed by atoms with Crippen LogP contribution in [-0.4, -0.2) is 22.8 Å². The van der Waals surface area contributed by atoms with Crippen LogP contribution in [0.3, 0.4) is 0 Å². The number of rotatable bonds is 5. The van der Waals surface area contributed by atoms with Crippen LogP contribution in [0.2, 0.25) is 0 Å². The quantitative estimate of drug-likeness (QED) is 0.770. The van der Waals surface area contributed by atoms with E-state index in [9.17, 15) is 4.79 Å². The van der Waals surface area contributed by atoms with Gasteiger partial charge in [0.15, 0.2) is 0 Å². The monoisotopic (exact) mass is 295 g/mol. The lowest BCUT2D eigenvalue weighted by Crippen LogP contribution is -2.52. The van der Waals surface area contributed by atoms with E-state index >= 15 is 0 Å². The third-order valence-electron chi connectivity index (χ3n) is 5.30. The Balaban J connectivity index is 1.66. The fourth-order valence-corrected chi connectivity index (χ4v) is 4.19. The van der Waals surface area contributed by atoms with Gasteiger partial charge < -0.3 is 0 Å². The zero-order chi connectivity index (χ0) is 15.4. The molecule has 2 heterocycles. The van der Waals surface area contributed by atoms with E-state index in [4.69, 9.17) is 6.42 Å². The normalized spacial score (nSPS) is 28.0. The van der Waals surface area contributed by atoms with Crippen molar-refractivity contribution in [3.05, 3.63) is 35.9 Å². The summed E-state index contributed by atoms with van der Waals surface area (Å²) in [6, 6.07) is 11.9. The van der Waals surface area contributed by atoms with Gasteiger partial charge in [0, 0.05) is 37.4 Å². The van der Waals surface area contributed by atoms with Crippen molar-refractivity contribution < 1.29 is 4.79 Å². The Kier molecular flexibility index (Phi) is 4.95. The second-order valence-corrected chi connectivity index (χ2v) is 6.74. The predicted octanol–water partition coefficient (Wildman–Crippen LogP) is 3.80. The molecule has 1 aromatic carbocycles. The molecule has 2 nitrogen and oxygen atoms in total. The summed E-state index contributed by atoms with van der Waals surface area (Å²) in [6.07, 6.45) is 12.3. The van der Waals surface area contributed by atoms with E-state index in [2.05, 4.69) is 41.2 Å². The van der Waals surface area contributed by atoms with Gasteiger partial charge in [0.1, 0.15) is 5.78 Å². The molecule has 0 saturated carbocycles. The summed E-state index contributed by atoms with van der Waals surface area (Å²) in [6.45, 7) is 1.03. The maximum absolute atomic E-state index is 12.3. The Morgan fingerprint density at radius 1 is 1.18 bits per heavy atom. The van der Waals surface area contributed by atoms with Gasteiger partial charge in [-0.05, 0) is 31.2 Å². The van der Waals surface area contributed by atoms with Crippen LogP contribution >= 0.6 is 0 Å². The van der Waals surface area contributed by atoms with Gasteiger partial charge in [-0.3, -0.25) is 9.69 Å². The topological polar surface area (TPSA) is 20.3 Å². The highest BCUT2D eigenvalue weighted by Crippen LogP contribution is 2.38. The van der Waals surface area contributed by atoms with Crippen LogP contribution in [0.5, 0.6) is 0 Å². The molecule has 116 valence electrons. The van der Waals surface area contributed by atoms with E-state index in [0.29, 0.717) is 30.7 Å². The number of hydrogen-bond acceptors (Lipinski definition) is 2. The number of terminal acetylenes is 1. The summed E-state index contributed by atoms with van der Waals surface area (Å²) in [7, 11) is 0. The average Bonchev–Trinajstić information content (AvgIpc) is 2.53. The van der Waals surface area contributed by atoms with Gasteiger partial charge in [0.2, 0.25) is 0 Å².